The van der Waals surface area contributed by atoms with E-state index in [4.69, 9.17) is 0 Å². The van der Waals surface area contributed by atoms with E-state index < -0.39 is 60.8 Å². The maximum absolute atomic E-state index is 14.5. The van der Waals surface area contributed by atoms with E-state index in [1.165, 1.54) is 35.7 Å². The van der Waals surface area contributed by atoms with E-state index in [-0.39, 0.29) is 22.8 Å². The van der Waals surface area contributed by atoms with Crippen LogP contribution in [0.15, 0.2) is 64.2 Å². The van der Waals surface area contributed by atoms with E-state index in [1.807, 2.05) is 0 Å². The number of nitrogens with zero attached hydrogens (tertiary/aromatic N) is 2. The Morgan fingerprint density at radius 1 is 0.806 bits per heavy atom. The maximum atomic E-state index is 14.5. The monoisotopic (exact) mass is 548 g/mol. The second-order valence-corrected chi connectivity index (χ2v) is 9.86. The van der Waals surface area contributed by atoms with Crippen LogP contribution in [0.25, 0.3) is 33.8 Å². The normalized spacial score (nSPS) is 12.7. The molecule has 0 aliphatic carbocycles. The van der Waals surface area contributed by atoms with Gasteiger partial charge in [0, 0.05) is 16.7 Å². The van der Waals surface area contributed by atoms with E-state index >= 15 is 0 Å². The van der Waals surface area contributed by atoms with Crippen molar-refractivity contribution >= 4 is 21.5 Å². The lowest BCUT2D eigenvalue weighted by Crippen LogP contribution is -2.11. The summed E-state index contributed by atoms with van der Waals surface area (Å²) in [4.78, 5) is 7.41. The Morgan fingerprint density at radius 2 is 1.50 bits per heavy atom. The minimum Gasteiger partial charge on any atom is -0.281 e. The van der Waals surface area contributed by atoms with E-state index in [9.17, 15) is 43.7 Å². The van der Waals surface area contributed by atoms with Gasteiger partial charge >= 0.3 is 22.5 Å². The molecule has 0 unspecified atom stereocenters. The minimum absolute atomic E-state index is 0.0281. The van der Waals surface area contributed by atoms with Gasteiger partial charge in [-0.1, -0.05) is 18.2 Å². The van der Waals surface area contributed by atoms with Gasteiger partial charge in [0.1, 0.15) is 11.5 Å². The Kier molecular flexibility index (Phi) is 6.39. The van der Waals surface area contributed by atoms with Gasteiger partial charge < -0.3 is 0 Å². The highest BCUT2D eigenvalue weighted by molar-refractivity contribution is 7.88. The van der Waals surface area contributed by atoms with Crippen LogP contribution in [0.3, 0.4) is 0 Å². The predicted molar refractivity (Wildman–Crippen MR) is 116 cm³/mol. The molecular weight excluding hydrogens is 537 g/mol. The topological polar surface area (TPSA) is 80.2 Å². The molecule has 188 valence electrons. The number of benzene rings is 2. The van der Waals surface area contributed by atoms with Crippen molar-refractivity contribution in [2.75, 3.05) is 0 Å². The molecule has 0 spiro atoms. The van der Waals surface area contributed by atoms with Gasteiger partial charge in [-0.3, -0.25) is 4.55 Å². The smallest absolute Gasteiger partial charge is 0.281 e. The van der Waals surface area contributed by atoms with Crippen LogP contribution in [0.1, 0.15) is 11.3 Å². The number of halogens is 7. The Labute approximate surface area is 202 Å². The van der Waals surface area contributed by atoms with Crippen molar-refractivity contribution in [1.82, 2.24) is 9.97 Å². The summed E-state index contributed by atoms with van der Waals surface area (Å²) in [7, 11) is -4.59. The summed E-state index contributed by atoms with van der Waals surface area (Å²) in [6, 6.07) is 8.51. The largest absolute Gasteiger partial charge is 0.433 e. The molecule has 2 heterocycles. The van der Waals surface area contributed by atoms with Crippen molar-refractivity contribution in [2.24, 2.45) is 0 Å². The Balaban J connectivity index is 1.88. The molecule has 36 heavy (non-hydrogen) atoms. The lowest BCUT2D eigenvalue weighted by atomic mass is 10.0. The highest BCUT2D eigenvalue weighted by atomic mass is 32.3. The fourth-order valence-electron chi connectivity index (χ4n) is 3.29. The van der Waals surface area contributed by atoms with Crippen molar-refractivity contribution in [2.45, 2.75) is 16.6 Å². The molecule has 2 aromatic carbocycles. The molecule has 5 nitrogen and oxygen atoms in total. The lowest BCUT2D eigenvalue weighted by Gasteiger charge is -2.13. The van der Waals surface area contributed by atoms with Crippen LogP contribution in [0.5, 0.6) is 0 Å². The van der Waals surface area contributed by atoms with Crippen LogP contribution in [0.4, 0.5) is 30.7 Å². The predicted octanol–water partition coefficient (Wildman–Crippen LogP) is 6.96. The van der Waals surface area contributed by atoms with Gasteiger partial charge in [0.15, 0.2) is 10.0 Å². The summed E-state index contributed by atoms with van der Waals surface area (Å²) in [6.07, 6.45) is -9.87. The number of hydrogen-bond acceptors (Lipinski definition) is 5. The molecule has 0 fully saturated rings. The highest BCUT2D eigenvalue weighted by Gasteiger charge is 2.35. The minimum atomic E-state index is -5.00. The van der Waals surface area contributed by atoms with Crippen LogP contribution < -0.4 is 0 Å². The van der Waals surface area contributed by atoms with Crippen LogP contribution in [-0.2, 0) is 22.5 Å². The van der Waals surface area contributed by atoms with Gasteiger partial charge in [0.2, 0.25) is 0 Å². The van der Waals surface area contributed by atoms with Gasteiger partial charge in [-0.25, -0.2) is 14.4 Å². The molecule has 1 N–H and O–H groups in total. The molecule has 0 aliphatic rings. The van der Waals surface area contributed by atoms with E-state index in [1.54, 1.807) is 0 Å². The second-order valence-electron chi connectivity index (χ2n) is 7.33. The summed E-state index contributed by atoms with van der Waals surface area (Å²) < 4.78 is 126. The molecule has 0 saturated carbocycles. The van der Waals surface area contributed by atoms with E-state index in [0.29, 0.717) is 18.2 Å². The van der Waals surface area contributed by atoms with E-state index in [0.717, 1.165) is 11.3 Å². The van der Waals surface area contributed by atoms with Crippen LogP contribution in [0, 0.1) is 5.82 Å². The van der Waals surface area contributed by atoms with Crippen LogP contribution in [-0.4, -0.2) is 22.9 Å². The zero-order chi connectivity index (χ0) is 26.5. The van der Waals surface area contributed by atoms with Crippen LogP contribution in [0.2, 0.25) is 0 Å². The van der Waals surface area contributed by atoms with Gasteiger partial charge in [-0.15, -0.1) is 11.3 Å². The Hall–Kier alpha value is -3.36. The molecular formula is C22H11F7N2O3S2. The molecule has 0 bridgehead atoms. The number of hydrogen-bond donors (Lipinski definition) is 1. The van der Waals surface area contributed by atoms with Gasteiger partial charge in [-0.05, 0) is 47.3 Å². The summed E-state index contributed by atoms with van der Waals surface area (Å²) in [6.45, 7) is 0. The molecule has 0 amide bonds. The van der Waals surface area contributed by atoms with Gasteiger partial charge in [-0.2, -0.15) is 34.8 Å². The molecule has 0 aliphatic heterocycles. The zero-order valence-corrected chi connectivity index (χ0v) is 19.0. The SMILES string of the molecule is O=S(=O)(O)c1sccc1-c1cccc(-c2nc(-c3ccc(C(F)(F)F)cc3F)cc(C(F)(F)F)n2)c1. The highest BCUT2D eigenvalue weighted by Crippen LogP contribution is 2.37. The third kappa shape index (κ3) is 5.24. The summed E-state index contributed by atoms with van der Waals surface area (Å²) in [5.74, 6) is -1.97. The molecule has 0 atom stereocenters. The van der Waals surface area contributed by atoms with Gasteiger partial charge in [0.25, 0.3) is 0 Å². The van der Waals surface area contributed by atoms with Crippen molar-refractivity contribution in [1.29, 1.82) is 0 Å². The standard InChI is InChI=1S/C22H11F7N2O3S2/c23-16-9-13(21(24,25)26)4-5-15(16)17-10-18(22(27,28)29)31-19(30-17)12-3-1-2-11(8-12)14-6-7-35-20(14)36(32,33)34/h1-10H,(H,32,33,34). The number of aromatic nitrogens is 2. The fourth-order valence-corrected chi connectivity index (χ4v) is 5.05. The van der Waals surface area contributed by atoms with Crippen molar-refractivity contribution in [3.63, 3.8) is 0 Å². The third-order valence-electron chi connectivity index (χ3n) is 4.88. The van der Waals surface area contributed by atoms with Crippen molar-refractivity contribution in [3.05, 3.63) is 77.1 Å². The third-order valence-corrected chi connectivity index (χ3v) is 7.20. The second kappa shape index (κ2) is 8.94. The average Bonchev–Trinajstić information content (AvgIpc) is 3.28. The molecule has 0 radical (unpaired) electrons. The quantitative estimate of drug-likeness (QED) is 0.220. The molecule has 2 aromatic heterocycles. The fraction of sp³-hybridized carbons (Fsp3) is 0.0909. The first-order valence-electron chi connectivity index (χ1n) is 9.64. The summed E-state index contributed by atoms with van der Waals surface area (Å²) in [5.41, 5.74) is -3.78. The van der Waals surface area contributed by atoms with Gasteiger partial charge in [0.05, 0.1) is 11.3 Å². The number of thiophene rings is 1. The molecule has 4 rings (SSSR count). The lowest BCUT2D eigenvalue weighted by molar-refractivity contribution is -0.141. The zero-order valence-electron chi connectivity index (χ0n) is 17.4. The molecule has 14 heteroatoms. The first kappa shape index (κ1) is 25.7. The summed E-state index contributed by atoms with van der Waals surface area (Å²) >= 11 is 0.723. The average molecular weight is 548 g/mol. The maximum Gasteiger partial charge on any atom is 0.433 e. The summed E-state index contributed by atoms with van der Waals surface area (Å²) in [5, 5.41) is 1.39. The molecule has 4 aromatic rings. The van der Waals surface area contributed by atoms with Crippen LogP contribution >= 0.6 is 11.3 Å². The first-order chi connectivity index (χ1) is 16.6. The Bertz CT molecular complexity index is 1560. The van der Waals surface area contributed by atoms with E-state index in [2.05, 4.69) is 9.97 Å². The van der Waals surface area contributed by atoms with Crippen molar-refractivity contribution in [3.8, 4) is 33.8 Å². The number of rotatable bonds is 4. The van der Waals surface area contributed by atoms with Crippen molar-refractivity contribution < 1.29 is 43.7 Å². The Morgan fingerprint density at radius 3 is 2.11 bits per heavy atom. The first-order valence-corrected chi connectivity index (χ1v) is 12.0. The molecule has 0 saturated heterocycles. The number of alkyl halides is 6.